The van der Waals surface area contributed by atoms with Gasteiger partial charge in [0.15, 0.2) is 0 Å². The number of hydrogen-bond donors (Lipinski definition) is 1. The molecular formula is C25H24N4O4. The minimum atomic E-state index is -0.352. The van der Waals surface area contributed by atoms with Gasteiger partial charge >= 0.3 is 0 Å². The van der Waals surface area contributed by atoms with Gasteiger partial charge in [0.05, 0.1) is 7.11 Å². The Morgan fingerprint density at radius 1 is 1.09 bits per heavy atom. The number of ether oxygens (including phenoxy) is 1. The first-order valence-corrected chi connectivity index (χ1v) is 10.5. The van der Waals surface area contributed by atoms with Crippen molar-refractivity contribution in [1.29, 1.82) is 0 Å². The van der Waals surface area contributed by atoms with Crippen molar-refractivity contribution < 1.29 is 14.1 Å². The van der Waals surface area contributed by atoms with Crippen LogP contribution >= 0.6 is 0 Å². The van der Waals surface area contributed by atoms with Crippen LogP contribution in [0.4, 0.5) is 0 Å². The predicted molar refractivity (Wildman–Crippen MR) is 124 cm³/mol. The Morgan fingerprint density at radius 3 is 2.52 bits per heavy atom. The molecule has 0 aliphatic carbocycles. The highest BCUT2D eigenvalue weighted by atomic mass is 16.5. The minimum Gasteiger partial charge on any atom is -0.497 e. The maximum atomic E-state index is 13.3. The fourth-order valence-electron chi connectivity index (χ4n) is 3.56. The number of benzene rings is 2. The molecule has 1 N–H and O–H groups in total. The minimum absolute atomic E-state index is 0.117. The van der Waals surface area contributed by atoms with Crippen molar-refractivity contribution in [1.82, 2.24) is 20.0 Å². The molecule has 2 aromatic heterocycles. The lowest BCUT2D eigenvalue weighted by Crippen LogP contribution is -2.34. The van der Waals surface area contributed by atoms with Gasteiger partial charge in [-0.3, -0.25) is 9.59 Å². The lowest BCUT2D eigenvalue weighted by Gasteiger charge is -2.13. The number of carbonyl (C=O) groups excluding carboxylic acids is 1. The molecule has 0 aliphatic heterocycles. The molecule has 8 nitrogen and oxygen atoms in total. The molecule has 0 bridgehead atoms. The van der Waals surface area contributed by atoms with Crippen molar-refractivity contribution in [2.45, 2.75) is 26.9 Å². The van der Waals surface area contributed by atoms with Crippen LogP contribution in [-0.2, 0) is 17.9 Å². The van der Waals surface area contributed by atoms with E-state index in [9.17, 15) is 9.59 Å². The molecular weight excluding hydrogens is 420 g/mol. The highest BCUT2D eigenvalue weighted by Crippen LogP contribution is 2.23. The second-order valence-electron chi connectivity index (χ2n) is 7.65. The lowest BCUT2D eigenvalue weighted by atomic mass is 10.1. The summed E-state index contributed by atoms with van der Waals surface area (Å²) in [6.45, 7) is 3.83. The first kappa shape index (κ1) is 22.0. The fourth-order valence-corrected chi connectivity index (χ4v) is 3.56. The number of hydrogen-bond acceptors (Lipinski definition) is 6. The van der Waals surface area contributed by atoms with Gasteiger partial charge in [-0.05, 0) is 43.2 Å². The number of pyridine rings is 1. The molecule has 168 valence electrons. The second-order valence-corrected chi connectivity index (χ2v) is 7.65. The number of aromatic nitrogens is 3. The molecule has 0 aliphatic rings. The van der Waals surface area contributed by atoms with Crippen LogP contribution in [-0.4, -0.2) is 27.7 Å². The van der Waals surface area contributed by atoms with Crippen LogP contribution in [0.25, 0.3) is 22.8 Å². The molecule has 0 saturated heterocycles. The summed E-state index contributed by atoms with van der Waals surface area (Å²) in [5.41, 5.74) is 3.03. The van der Waals surface area contributed by atoms with Crippen molar-refractivity contribution >= 4 is 5.91 Å². The monoisotopic (exact) mass is 444 g/mol. The zero-order valence-corrected chi connectivity index (χ0v) is 18.7. The number of rotatable bonds is 7. The Balaban J connectivity index is 1.55. The maximum absolute atomic E-state index is 13.3. The van der Waals surface area contributed by atoms with Crippen LogP contribution in [0.1, 0.15) is 16.8 Å². The molecule has 0 atom stereocenters. The zero-order valence-electron chi connectivity index (χ0n) is 18.7. The molecule has 33 heavy (non-hydrogen) atoms. The van der Waals surface area contributed by atoms with Gasteiger partial charge in [-0.2, -0.15) is 4.98 Å². The molecule has 2 aromatic carbocycles. The molecule has 0 radical (unpaired) electrons. The van der Waals surface area contributed by atoms with E-state index in [0.29, 0.717) is 29.2 Å². The number of methoxy groups -OCH3 is 1. The summed E-state index contributed by atoms with van der Waals surface area (Å²) in [6, 6.07) is 18.6. The first-order valence-electron chi connectivity index (χ1n) is 10.5. The number of carbonyl (C=O) groups is 1. The average Bonchev–Trinajstić information content (AvgIpc) is 3.31. The number of aryl methyl sites for hydroxylation is 2. The molecule has 4 aromatic rings. The summed E-state index contributed by atoms with van der Waals surface area (Å²) in [5.74, 6) is 0.995. The van der Waals surface area contributed by atoms with Gasteiger partial charge in [0, 0.05) is 17.8 Å². The van der Waals surface area contributed by atoms with Crippen molar-refractivity contribution in [3.63, 3.8) is 0 Å². The summed E-state index contributed by atoms with van der Waals surface area (Å²) in [6.07, 6.45) is 0. The van der Waals surface area contributed by atoms with Gasteiger partial charge in [-0.1, -0.05) is 47.6 Å². The first-order chi connectivity index (χ1) is 16.0. The lowest BCUT2D eigenvalue weighted by molar-refractivity contribution is -0.121. The van der Waals surface area contributed by atoms with E-state index in [2.05, 4.69) is 15.5 Å². The molecule has 0 spiro atoms. The standard InChI is InChI=1S/C25H24N4O4/c1-16-13-17(2)29(15-21(30)26-14-18-9-11-20(32-3)12-10-18)25(31)22(16)24-27-23(28-33-24)19-7-5-4-6-8-19/h4-13H,14-15H2,1-3H3,(H,26,30). The van der Waals surface area contributed by atoms with Crippen molar-refractivity contribution in [3.8, 4) is 28.6 Å². The number of nitrogens with one attached hydrogen (secondary N) is 1. The molecule has 1 amide bonds. The van der Waals surface area contributed by atoms with Crippen LogP contribution in [0.15, 0.2) is 70.0 Å². The second kappa shape index (κ2) is 9.52. The van der Waals surface area contributed by atoms with E-state index in [0.717, 1.165) is 16.9 Å². The van der Waals surface area contributed by atoms with Gasteiger partial charge in [-0.15, -0.1) is 0 Å². The van der Waals surface area contributed by atoms with Crippen molar-refractivity contribution in [2.24, 2.45) is 0 Å². The molecule has 2 heterocycles. The van der Waals surface area contributed by atoms with Gasteiger partial charge in [0.25, 0.3) is 11.4 Å². The quantitative estimate of drug-likeness (QED) is 0.468. The van der Waals surface area contributed by atoms with Gasteiger partial charge in [0.1, 0.15) is 17.9 Å². The third-order valence-corrected chi connectivity index (χ3v) is 5.33. The Morgan fingerprint density at radius 2 is 1.82 bits per heavy atom. The van der Waals surface area contributed by atoms with Crippen LogP contribution < -0.4 is 15.6 Å². The zero-order chi connectivity index (χ0) is 23.4. The Labute approximate surface area is 190 Å². The molecule has 0 unspecified atom stereocenters. The predicted octanol–water partition coefficient (Wildman–Crippen LogP) is 3.51. The molecule has 0 saturated carbocycles. The summed E-state index contributed by atoms with van der Waals surface area (Å²) in [5, 5.41) is 6.86. The van der Waals surface area contributed by atoms with Gasteiger partial charge in [-0.25, -0.2) is 0 Å². The highest BCUT2D eigenvalue weighted by molar-refractivity contribution is 5.76. The number of amides is 1. The number of nitrogens with zero attached hydrogens (tertiary/aromatic N) is 3. The summed E-state index contributed by atoms with van der Waals surface area (Å²) in [7, 11) is 1.60. The third kappa shape index (κ3) is 4.85. The van der Waals surface area contributed by atoms with Crippen molar-refractivity contribution in [2.75, 3.05) is 7.11 Å². The van der Waals surface area contributed by atoms with E-state index in [4.69, 9.17) is 9.26 Å². The van der Waals surface area contributed by atoms with Gasteiger partial charge < -0.3 is 19.1 Å². The van der Waals surface area contributed by atoms with E-state index in [1.165, 1.54) is 4.57 Å². The van der Waals surface area contributed by atoms with E-state index in [-0.39, 0.29) is 23.9 Å². The van der Waals surface area contributed by atoms with Crippen LogP contribution in [0.2, 0.25) is 0 Å². The van der Waals surface area contributed by atoms with E-state index >= 15 is 0 Å². The van der Waals surface area contributed by atoms with Crippen LogP contribution in [0, 0.1) is 13.8 Å². The normalized spacial score (nSPS) is 10.8. The third-order valence-electron chi connectivity index (χ3n) is 5.33. The average molecular weight is 444 g/mol. The van der Waals surface area contributed by atoms with E-state index < -0.39 is 0 Å². The Hall–Kier alpha value is -4.20. The van der Waals surface area contributed by atoms with E-state index in [1.54, 1.807) is 14.0 Å². The maximum Gasteiger partial charge on any atom is 0.264 e. The molecule has 4 rings (SSSR count). The summed E-state index contributed by atoms with van der Waals surface area (Å²) >= 11 is 0. The largest absolute Gasteiger partial charge is 0.497 e. The SMILES string of the molecule is COc1ccc(CNC(=O)Cn2c(C)cc(C)c(-c3nc(-c4ccccc4)no3)c2=O)cc1. The topological polar surface area (TPSA) is 99.2 Å². The Kier molecular flexibility index (Phi) is 6.35. The van der Waals surface area contributed by atoms with Crippen molar-refractivity contribution in [3.05, 3.63) is 87.8 Å². The summed E-state index contributed by atoms with van der Waals surface area (Å²) < 4.78 is 12.0. The van der Waals surface area contributed by atoms with Crippen LogP contribution in [0.5, 0.6) is 5.75 Å². The van der Waals surface area contributed by atoms with Crippen LogP contribution in [0.3, 0.4) is 0 Å². The smallest absolute Gasteiger partial charge is 0.264 e. The van der Waals surface area contributed by atoms with E-state index in [1.807, 2.05) is 67.6 Å². The fraction of sp³-hybridized carbons (Fsp3) is 0.200. The molecule has 0 fully saturated rings. The summed E-state index contributed by atoms with van der Waals surface area (Å²) in [4.78, 5) is 30.3. The van der Waals surface area contributed by atoms with Gasteiger partial charge in [0.2, 0.25) is 11.7 Å². The molecule has 8 heteroatoms. The highest BCUT2D eigenvalue weighted by Gasteiger charge is 2.20. The Bertz CT molecular complexity index is 1330.